The summed E-state index contributed by atoms with van der Waals surface area (Å²) in [6.45, 7) is 0.437. The largest absolute Gasteiger partial charge is 0.508 e. The Morgan fingerprint density at radius 2 is 1.70 bits per heavy atom. The van der Waals surface area contributed by atoms with Crippen LogP contribution < -0.4 is 4.74 Å². The fourth-order valence-corrected chi connectivity index (χ4v) is 2.27. The number of benzene rings is 2. The molecule has 1 aromatic heterocycles. The topological polar surface area (TPSA) is 54.6 Å². The van der Waals surface area contributed by atoms with E-state index in [1.165, 1.54) is 0 Å². The fourth-order valence-electron chi connectivity index (χ4n) is 2.27. The number of rotatable bonds is 3. The van der Waals surface area contributed by atoms with E-state index in [9.17, 15) is 10.2 Å². The average Bonchev–Trinajstić information content (AvgIpc) is 2.74. The number of aryl methyl sites for hydroxylation is 1. The van der Waals surface area contributed by atoms with Crippen molar-refractivity contribution >= 4 is 10.9 Å². The summed E-state index contributed by atoms with van der Waals surface area (Å²) in [5.41, 5.74) is 2.02. The van der Waals surface area contributed by atoms with Gasteiger partial charge >= 0.3 is 0 Å². The second-order valence-electron chi connectivity index (χ2n) is 4.75. The molecule has 0 saturated carbocycles. The monoisotopic (exact) mass is 269 g/mol. The van der Waals surface area contributed by atoms with Crippen molar-refractivity contribution in [2.75, 3.05) is 0 Å². The Morgan fingerprint density at radius 3 is 2.45 bits per heavy atom. The third-order valence-corrected chi connectivity index (χ3v) is 3.29. The van der Waals surface area contributed by atoms with Crippen LogP contribution in [0, 0.1) is 0 Å². The van der Waals surface area contributed by atoms with Gasteiger partial charge in [0.2, 0.25) is 0 Å². The van der Waals surface area contributed by atoms with Crippen molar-refractivity contribution in [1.82, 2.24) is 4.57 Å². The maximum Gasteiger partial charge on any atom is 0.120 e. The van der Waals surface area contributed by atoms with Gasteiger partial charge in [-0.05, 0) is 36.4 Å². The van der Waals surface area contributed by atoms with Crippen LogP contribution >= 0.6 is 0 Å². The molecular formula is C16H15NO3. The number of phenols is 2. The zero-order valence-electron chi connectivity index (χ0n) is 11.1. The molecule has 0 saturated heterocycles. The van der Waals surface area contributed by atoms with E-state index >= 15 is 0 Å². The molecule has 0 radical (unpaired) electrons. The van der Waals surface area contributed by atoms with Crippen LogP contribution in [0.4, 0.5) is 0 Å². The molecule has 0 fully saturated rings. The van der Waals surface area contributed by atoms with Crippen LogP contribution in [0.1, 0.15) is 5.56 Å². The van der Waals surface area contributed by atoms with E-state index < -0.39 is 0 Å². The summed E-state index contributed by atoms with van der Waals surface area (Å²) in [5.74, 6) is 1.18. The van der Waals surface area contributed by atoms with E-state index in [0.29, 0.717) is 12.4 Å². The molecule has 102 valence electrons. The summed E-state index contributed by atoms with van der Waals surface area (Å²) in [6.07, 6.45) is 1.99. The van der Waals surface area contributed by atoms with Gasteiger partial charge in [0.05, 0.1) is 5.52 Å². The lowest BCUT2D eigenvalue weighted by molar-refractivity contribution is 0.307. The third kappa shape index (κ3) is 2.28. The van der Waals surface area contributed by atoms with Crippen molar-refractivity contribution in [3.8, 4) is 17.2 Å². The SMILES string of the molecule is Cn1cc(COc2ccc(O)cc2)c2ccc(O)cc21. The number of nitrogens with zero attached hydrogens (tertiary/aromatic N) is 1. The molecule has 0 spiro atoms. The van der Waals surface area contributed by atoms with Crippen molar-refractivity contribution in [3.63, 3.8) is 0 Å². The van der Waals surface area contributed by atoms with E-state index in [1.807, 2.05) is 23.9 Å². The Bertz CT molecular complexity index is 744. The molecule has 0 aliphatic rings. The number of phenolic OH excluding ortho intramolecular Hbond substituents is 2. The molecular weight excluding hydrogens is 254 g/mol. The molecule has 1 heterocycles. The van der Waals surface area contributed by atoms with Gasteiger partial charge in [-0.15, -0.1) is 0 Å². The van der Waals surface area contributed by atoms with E-state index in [2.05, 4.69) is 0 Å². The first-order valence-electron chi connectivity index (χ1n) is 6.32. The maximum absolute atomic E-state index is 9.53. The Kier molecular flexibility index (Phi) is 2.99. The Hall–Kier alpha value is -2.62. The molecule has 3 rings (SSSR count). The van der Waals surface area contributed by atoms with Crippen LogP contribution in [0.15, 0.2) is 48.7 Å². The van der Waals surface area contributed by atoms with Gasteiger partial charge in [0.25, 0.3) is 0 Å². The zero-order chi connectivity index (χ0) is 14.1. The van der Waals surface area contributed by atoms with E-state index in [-0.39, 0.29) is 11.5 Å². The Labute approximate surface area is 116 Å². The molecule has 20 heavy (non-hydrogen) atoms. The second kappa shape index (κ2) is 4.81. The number of aromatic hydroxyl groups is 2. The summed E-state index contributed by atoms with van der Waals surface area (Å²) in [7, 11) is 1.94. The smallest absolute Gasteiger partial charge is 0.120 e. The Balaban J connectivity index is 1.86. The minimum atomic E-state index is 0.220. The summed E-state index contributed by atoms with van der Waals surface area (Å²) >= 11 is 0. The number of aromatic nitrogens is 1. The van der Waals surface area contributed by atoms with Gasteiger partial charge in [-0.3, -0.25) is 0 Å². The average molecular weight is 269 g/mol. The van der Waals surface area contributed by atoms with Crippen molar-refractivity contribution in [2.24, 2.45) is 7.05 Å². The van der Waals surface area contributed by atoms with Gasteiger partial charge in [0, 0.05) is 30.3 Å². The predicted octanol–water partition coefficient (Wildman–Crippen LogP) is 3.17. The molecule has 2 N–H and O–H groups in total. The molecule has 0 amide bonds. The second-order valence-corrected chi connectivity index (χ2v) is 4.75. The predicted molar refractivity (Wildman–Crippen MR) is 77.0 cm³/mol. The lowest BCUT2D eigenvalue weighted by Gasteiger charge is -2.05. The van der Waals surface area contributed by atoms with Crippen molar-refractivity contribution in [2.45, 2.75) is 6.61 Å². The van der Waals surface area contributed by atoms with Crippen LogP contribution in [0.2, 0.25) is 0 Å². The van der Waals surface area contributed by atoms with Crippen LogP contribution in [0.25, 0.3) is 10.9 Å². The van der Waals surface area contributed by atoms with Crippen molar-refractivity contribution in [1.29, 1.82) is 0 Å². The van der Waals surface area contributed by atoms with Gasteiger partial charge in [-0.1, -0.05) is 0 Å². The first kappa shape index (κ1) is 12.4. The zero-order valence-corrected chi connectivity index (χ0v) is 11.1. The molecule has 0 aliphatic heterocycles. The summed E-state index contributed by atoms with van der Waals surface area (Å²) < 4.78 is 7.67. The van der Waals surface area contributed by atoms with E-state index in [4.69, 9.17) is 4.74 Å². The van der Waals surface area contributed by atoms with E-state index in [1.54, 1.807) is 36.4 Å². The Morgan fingerprint density at radius 1 is 1.00 bits per heavy atom. The molecule has 3 aromatic rings. The van der Waals surface area contributed by atoms with E-state index in [0.717, 1.165) is 16.5 Å². The quantitative estimate of drug-likeness (QED) is 0.768. The summed E-state index contributed by atoms with van der Waals surface area (Å²) in [5, 5.41) is 19.8. The molecule has 2 aromatic carbocycles. The number of fused-ring (bicyclic) bond motifs is 1. The van der Waals surface area contributed by atoms with Crippen molar-refractivity contribution in [3.05, 3.63) is 54.2 Å². The maximum atomic E-state index is 9.53. The molecule has 0 bridgehead atoms. The number of ether oxygens (including phenoxy) is 1. The van der Waals surface area contributed by atoms with Crippen LogP contribution in [0.3, 0.4) is 0 Å². The first-order chi connectivity index (χ1) is 9.63. The van der Waals surface area contributed by atoms with Gasteiger partial charge in [-0.25, -0.2) is 0 Å². The van der Waals surface area contributed by atoms with Gasteiger partial charge in [0.15, 0.2) is 0 Å². The van der Waals surface area contributed by atoms with Crippen LogP contribution in [-0.2, 0) is 13.7 Å². The lowest BCUT2D eigenvalue weighted by atomic mass is 10.2. The lowest BCUT2D eigenvalue weighted by Crippen LogP contribution is -1.94. The summed E-state index contributed by atoms with van der Waals surface area (Å²) in [6, 6.07) is 11.9. The highest BCUT2D eigenvalue weighted by Gasteiger charge is 2.08. The number of hydrogen-bond donors (Lipinski definition) is 2. The van der Waals surface area contributed by atoms with Crippen molar-refractivity contribution < 1.29 is 14.9 Å². The fraction of sp³-hybridized carbons (Fsp3) is 0.125. The minimum Gasteiger partial charge on any atom is -0.508 e. The molecule has 4 nitrogen and oxygen atoms in total. The number of hydrogen-bond acceptors (Lipinski definition) is 3. The highest BCUT2D eigenvalue weighted by molar-refractivity contribution is 5.85. The third-order valence-electron chi connectivity index (χ3n) is 3.29. The van der Waals surface area contributed by atoms with Gasteiger partial charge in [-0.2, -0.15) is 0 Å². The van der Waals surface area contributed by atoms with Crippen LogP contribution in [-0.4, -0.2) is 14.8 Å². The van der Waals surface area contributed by atoms with Crippen LogP contribution in [0.5, 0.6) is 17.2 Å². The molecule has 0 aliphatic carbocycles. The first-order valence-corrected chi connectivity index (χ1v) is 6.32. The highest BCUT2D eigenvalue weighted by Crippen LogP contribution is 2.26. The van der Waals surface area contributed by atoms with Gasteiger partial charge < -0.3 is 19.5 Å². The molecule has 0 unspecified atom stereocenters. The normalized spacial score (nSPS) is 10.8. The highest BCUT2D eigenvalue weighted by atomic mass is 16.5. The molecule has 4 heteroatoms. The van der Waals surface area contributed by atoms with Gasteiger partial charge in [0.1, 0.15) is 23.9 Å². The standard InChI is InChI=1S/C16H15NO3/c1-17-9-11(15-7-4-13(19)8-16(15)17)10-20-14-5-2-12(18)3-6-14/h2-9,18-19H,10H2,1H3. The molecule has 0 atom stereocenters. The minimum absolute atomic E-state index is 0.220. The summed E-state index contributed by atoms with van der Waals surface area (Å²) in [4.78, 5) is 0.